The number of methoxy groups -OCH3 is 1. The van der Waals surface area contributed by atoms with Gasteiger partial charge in [-0.15, -0.1) is 5.10 Å². The molecule has 1 fully saturated rings. The summed E-state index contributed by atoms with van der Waals surface area (Å²) in [4.78, 5) is 2.46. The number of benzene rings is 1. The number of hydrogen-bond donors (Lipinski definition) is 0. The summed E-state index contributed by atoms with van der Waals surface area (Å²) in [7, 11) is 1.61. The number of ether oxygens (including phenoxy) is 1. The van der Waals surface area contributed by atoms with Crippen molar-refractivity contribution in [2.45, 2.75) is 32.7 Å². The Morgan fingerprint density at radius 3 is 2.55 bits per heavy atom. The molecule has 22 heavy (non-hydrogen) atoms. The summed E-state index contributed by atoms with van der Waals surface area (Å²) in [5.74, 6) is 1.20. The van der Waals surface area contributed by atoms with E-state index in [1.165, 1.54) is 23.1 Å². The minimum atomic E-state index is 0.568. The zero-order valence-electron chi connectivity index (χ0n) is 13.5. The van der Waals surface area contributed by atoms with Crippen molar-refractivity contribution in [3.63, 3.8) is 0 Å². The van der Waals surface area contributed by atoms with Gasteiger partial charge in [-0.25, -0.2) is 0 Å². The van der Waals surface area contributed by atoms with Gasteiger partial charge in [0.05, 0.1) is 12.8 Å². The van der Waals surface area contributed by atoms with Crippen molar-refractivity contribution < 1.29 is 4.74 Å². The van der Waals surface area contributed by atoms with Crippen molar-refractivity contribution in [1.82, 2.24) is 15.1 Å². The van der Waals surface area contributed by atoms with Crippen molar-refractivity contribution in [2.24, 2.45) is 0 Å². The lowest BCUT2D eigenvalue weighted by Gasteiger charge is -2.16. The summed E-state index contributed by atoms with van der Waals surface area (Å²) >= 11 is 0. The molecule has 4 nitrogen and oxygen atoms in total. The average molecular weight is 297 g/mol. The first kappa shape index (κ1) is 15.0. The molecule has 116 valence electrons. The number of aromatic nitrogens is 2. The first-order chi connectivity index (χ1) is 10.6. The number of hydrogen-bond acceptors (Lipinski definition) is 4. The molecule has 1 aliphatic heterocycles. The van der Waals surface area contributed by atoms with Gasteiger partial charge < -0.3 is 4.74 Å². The second-order valence-corrected chi connectivity index (χ2v) is 6.21. The molecule has 0 spiro atoms. The van der Waals surface area contributed by atoms with Crippen LogP contribution in [-0.4, -0.2) is 35.3 Å². The highest BCUT2D eigenvalue weighted by molar-refractivity contribution is 5.31. The maximum atomic E-state index is 5.05. The van der Waals surface area contributed by atoms with Crippen LogP contribution in [0.2, 0.25) is 0 Å². The molecule has 1 aromatic carbocycles. The van der Waals surface area contributed by atoms with E-state index < -0.39 is 0 Å². The van der Waals surface area contributed by atoms with Gasteiger partial charge in [0.15, 0.2) is 0 Å². The van der Waals surface area contributed by atoms with Crippen molar-refractivity contribution in [1.29, 1.82) is 0 Å². The Kier molecular flexibility index (Phi) is 4.39. The molecular formula is C18H23N3O. The number of aryl methyl sites for hydroxylation is 2. The molecule has 0 radical (unpaired) electrons. The van der Waals surface area contributed by atoms with Crippen molar-refractivity contribution >= 4 is 0 Å². The van der Waals surface area contributed by atoms with Gasteiger partial charge in [0.1, 0.15) is 0 Å². The van der Waals surface area contributed by atoms with Gasteiger partial charge in [-0.3, -0.25) is 4.90 Å². The molecule has 0 amide bonds. The highest BCUT2D eigenvalue weighted by atomic mass is 16.5. The number of likely N-dealkylation sites (tertiary alicyclic amines) is 1. The van der Waals surface area contributed by atoms with E-state index in [0.717, 1.165) is 25.3 Å². The van der Waals surface area contributed by atoms with E-state index in [9.17, 15) is 0 Å². The van der Waals surface area contributed by atoms with E-state index in [2.05, 4.69) is 47.1 Å². The molecule has 1 saturated heterocycles. The van der Waals surface area contributed by atoms with Crippen LogP contribution in [0.25, 0.3) is 0 Å². The fourth-order valence-corrected chi connectivity index (χ4v) is 3.26. The lowest BCUT2D eigenvalue weighted by atomic mass is 9.95. The van der Waals surface area contributed by atoms with Gasteiger partial charge in [0.25, 0.3) is 0 Å². The largest absolute Gasteiger partial charge is 0.480 e. The van der Waals surface area contributed by atoms with Crippen LogP contribution in [-0.2, 0) is 6.54 Å². The van der Waals surface area contributed by atoms with E-state index in [0.29, 0.717) is 11.8 Å². The van der Waals surface area contributed by atoms with Gasteiger partial charge in [-0.1, -0.05) is 29.3 Å². The number of rotatable bonds is 4. The smallest absolute Gasteiger partial charge is 0.233 e. The van der Waals surface area contributed by atoms with E-state index in [-0.39, 0.29) is 0 Å². The summed E-state index contributed by atoms with van der Waals surface area (Å²) in [6, 6.07) is 10.8. The van der Waals surface area contributed by atoms with Crippen LogP contribution < -0.4 is 4.74 Å². The highest BCUT2D eigenvalue weighted by Gasteiger charge is 2.24. The molecule has 4 heteroatoms. The normalized spacial score (nSPS) is 18.6. The van der Waals surface area contributed by atoms with Crippen LogP contribution in [0.3, 0.4) is 0 Å². The Hall–Kier alpha value is -1.94. The summed E-state index contributed by atoms with van der Waals surface area (Å²) in [5.41, 5.74) is 5.19. The maximum Gasteiger partial charge on any atom is 0.233 e. The molecule has 1 aliphatic rings. The fourth-order valence-electron chi connectivity index (χ4n) is 3.26. The molecule has 0 saturated carbocycles. The zero-order valence-corrected chi connectivity index (χ0v) is 13.5. The van der Waals surface area contributed by atoms with Crippen molar-refractivity contribution in [3.05, 3.63) is 52.7 Å². The van der Waals surface area contributed by atoms with Gasteiger partial charge in [-0.2, -0.15) is 5.10 Å². The quantitative estimate of drug-likeness (QED) is 0.869. The SMILES string of the molecule is COc1ccc(CN2CCC(c3cc(C)cc(C)c3)C2)nn1. The predicted octanol–water partition coefficient (Wildman–Crippen LogP) is 3.09. The molecule has 3 rings (SSSR count). The molecule has 0 bridgehead atoms. The number of nitrogens with zero attached hydrogens (tertiary/aromatic N) is 3. The molecule has 1 unspecified atom stereocenters. The van der Waals surface area contributed by atoms with E-state index in [4.69, 9.17) is 4.74 Å². The molecule has 2 heterocycles. The van der Waals surface area contributed by atoms with Gasteiger partial charge in [0.2, 0.25) is 5.88 Å². The molecular weight excluding hydrogens is 274 g/mol. The molecule has 0 N–H and O–H groups in total. The van der Waals surface area contributed by atoms with Crippen LogP contribution >= 0.6 is 0 Å². The first-order valence-electron chi connectivity index (χ1n) is 7.81. The average Bonchev–Trinajstić information content (AvgIpc) is 2.96. The van der Waals surface area contributed by atoms with Crippen LogP contribution in [0.15, 0.2) is 30.3 Å². The third-order valence-electron chi connectivity index (χ3n) is 4.28. The monoisotopic (exact) mass is 297 g/mol. The second kappa shape index (κ2) is 6.44. The van der Waals surface area contributed by atoms with Crippen LogP contribution in [0.1, 0.15) is 34.7 Å². The van der Waals surface area contributed by atoms with Crippen LogP contribution in [0.5, 0.6) is 5.88 Å². The minimum absolute atomic E-state index is 0.568. The Balaban J connectivity index is 1.64. The van der Waals surface area contributed by atoms with Crippen molar-refractivity contribution in [2.75, 3.05) is 20.2 Å². The van der Waals surface area contributed by atoms with Gasteiger partial charge >= 0.3 is 0 Å². The van der Waals surface area contributed by atoms with E-state index >= 15 is 0 Å². The first-order valence-corrected chi connectivity index (χ1v) is 7.81. The second-order valence-electron chi connectivity index (χ2n) is 6.21. The fraction of sp³-hybridized carbons (Fsp3) is 0.444. The third kappa shape index (κ3) is 3.45. The van der Waals surface area contributed by atoms with E-state index in [1.54, 1.807) is 7.11 Å². The molecule has 2 aromatic rings. The lowest BCUT2D eigenvalue weighted by Crippen LogP contribution is -2.20. The van der Waals surface area contributed by atoms with Crippen LogP contribution in [0, 0.1) is 13.8 Å². The van der Waals surface area contributed by atoms with Gasteiger partial charge in [-0.05, 0) is 44.4 Å². The highest BCUT2D eigenvalue weighted by Crippen LogP contribution is 2.29. The Morgan fingerprint density at radius 1 is 1.14 bits per heavy atom. The summed E-state index contributed by atoms with van der Waals surface area (Å²) in [6.45, 7) is 7.42. The predicted molar refractivity (Wildman–Crippen MR) is 87.1 cm³/mol. The topological polar surface area (TPSA) is 38.2 Å². The Morgan fingerprint density at radius 2 is 1.91 bits per heavy atom. The maximum absolute atomic E-state index is 5.05. The summed E-state index contributed by atoms with van der Waals surface area (Å²) in [6.07, 6.45) is 1.21. The zero-order chi connectivity index (χ0) is 15.5. The van der Waals surface area contributed by atoms with Gasteiger partial charge in [0, 0.05) is 19.2 Å². The lowest BCUT2D eigenvalue weighted by molar-refractivity contribution is 0.319. The van der Waals surface area contributed by atoms with Crippen LogP contribution in [0.4, 0.5) is 0 Å². The minimum Gasteiger partial charge on any atom is -0.480 e. The molecule has 1 aromatic heterocycles. The standard InChI is InChI=1S/C18H23N3O/c1-13-8-14(2)10-16(9-13)15-6-7-21(11-15)12-17-4-5-18(22-3)20-19-17/h4-5,8-10,15H,6-7,11-12H2,1-3H3. The summed E-state index contributed by atoms with van der Waals surface area (Å²) < 4.78 is 5.05. The Labute approximate surface area is 132 Å². The van der Waals surface area contributed by atoms with Crippen molar-refractivity contribution in [3.8, 4) is 5.88 Å². The molecule has 1 atom stereocenters. The Bertz CT molecular complexity index is 619. The third-order valence-corrected chi connectivity index (χ3v) is 4.28. The summed E-state index contributed by atoms with van der Waals surface area (Å²) in [5, 5.41) is 8.26. The van der Waals surface area contributed by atoms with E-state index in [1.807, 2.05) is 12.1 Å². The molecule has 0 aliphatic carbocycles.